The molecule has 0 bridgehead atoms. The van der Waals surface area contributed by atoms with Crippen LogP contribution in [-0.4, -0.2) is 18.6 Å². The fraction of sp³-hybridized carbons (Fsp3) is 0.350. The Morgan fingerprint density at radius 1 is 1.32 bits per heavy atom. The molecule has 0 radical (unpaired) electrons. The Morgan fingerprint density at radius 2 is 2.08 bits per heavy atom. The normalized spacial score (nSPS) is 15.4. The first-order chi connectivity index (χ1) is 12.1. The van der Waals surface area contributed by atoms with Gasteiger partial charge in [0.05, 0.1) is 6.61 Å². The van der Waals surface area contributed by atoms with Crippen LogP contribution in [0.2, 0.25) is 0 Å². The average molecular weight is 340 g/mol. The number of carbonyl (C=O) groups excluding carboxylic acids is 1. The molecule has 5 heteroatoms. The molecule has 0 fully saturated rings. The summed E-state index contributed by atoms with van der Waals surface area (Å²) >= 11 is 0. The molecule has 1 unspecified atom stereocenters. The standard InChI is InChI=1S/C20H24N2O3/c1-3-24-18-9-16-8-13(2)25-19(16)10-17(18)12-22-20(23)15-6-4-14(11-21)5-7-15/h4-7,9-10,13H,3,8,11-12,21H2,1-2H3,(H,22,23). The lowest BCUT2D eigenvalue weighted by atomic mass is 10.1. The van der Waals surface area contributed by atoms with Crippen LogP contribution in [-0.2, 0) is 19.5 Å². The van der Waals surface area contributed by atoms with E-state index < -0.39 is 0 Å². The van der Waals surface area contributed by atoms with Crippen molar-refractivity contribution in [3.63, 3.8) is 0 Å². The van der Waals surface area contributed by atoms with Crippen molar-refractivity contribution < 1.29 is 14.3 Å². The lowest BCUT2D eigenvalue weighted by Gasteiger charge is -2.13. The van der Waals surface area contributed by atoms with Gasteiger partial charge in [0.25, 0.3) is 5.91 Å². The Bertz CT molecular complexity index is 756. The lowest BCUT2D eigenvalue weighted by molar-refractivity contribution is 0.0950. The van der Waals surface area contributed by atoms with Gasteiger partial charge in [-0.1, -0.05) is 12.1 Å². The summed E-state index contributed by atoms with van der Waals surface area (Å²) in [6, 6.07) is 11.3. The van der Waals surface area contributed by atoms with Crippen molar-refractivity contribution in [2.45, 2.75) is 39.5 Å². The van der Waals surface area contributed by atoms with E-state index in [-0.39, 0.29) is 12.0 Å². The monoisotopic (exact) mass is 340 g/mol. The number of hydrogen-bond donors (Lipinski definition) is 2. The molecule has 0 saturated carbocycles. The molecular weight excluding hydrogens is 316 g/mol. The van der Waals surface area contributed by atoms with Crippen LogP contribution in [0, 0.1) is 0 Å². The highest BCUT2D eigenvalue weighted by Gasteiger charge is 2.22. The summed E-state index contributed by atoms with van der Waals surface area (Å²) in [4.78, 5) is 12.4. The zero-order valence-corrected chi connectivity index (χ0v) is 14.7. The molecule has 0 spiro atoms. The van der Waals surface area contributed by atoms with Gasteiger partial charge < -0.3 is 20.5 Å². The second-order valence-electron chi connectivity index (χ2n) is 6.22. The van der Waals surface area contributed by atoms with Gasteiger partial charge in [0.2, 0.25) is 0 Å². The van der Waals surface area contributed by atoms with Crippen LogP contribution in [0.4, 0.5) is 0 Å². The van der Waals surface area contributed by atoms with E-state index >= 15 is 0 Å². The zero-order valence-electron chi connectivity index (χ0n) is 14.7. The summed E-state index contributed by atoms with van der Waals surface area (Å²) in [6.45, 7) is 5.43. The third kappa shape index (κ3) is 3.94. The Morgan fingerprint density at radius 3 is 2.76 bits per heavy atom. The molecular formula is C20H24N2O3. The van der Waals surface area contributed by atoms with Crippen molar-refractivity contribution in [2.24, 2.45) is 5.73 Å². The van der Waals surface area contributed by atoms with Gasteiger partial charge in [-0.3, -0.25) is 4.79 Å². The maximum atomic E-state index is 12.4. The molecule has 0 saturated heterocycles. The minimum atomic E-state index is -0.124. The summed E-state index contributed by atoms with van der Waals surface area (Å²) in [5.41, 5.74) is 9.27. The topological polar surface area (TPSA) is 73.6 Å². The predicted molar refractivity (Wildman–Crippen MR) is 96.9 cm³/mol. The molecule has 3 rings (SSSR count). The number of carbonyl (C=O) groups is 1. The van der Waals surface area contributed by atoms with Crippen LogP contribution in [0.25, 0.3) is 0 Å². The molecule has 1 heterocycles. The SMILES string of the molecule is CCOc1cc2c(cc1CNC(=O)c1ccc(CN)cc1)OC(C)C2. The first-order valence-electron chi connectivity index (χ1n) is 8.63. The fourth-order valence-corrected chi connectivity index (χ4v) is 2.98. The molecule has 2 aromatic rings. The number of nitrogens with two attached hydrogens (primary N) is 1. The minimum absolute atomic E-state index is 0.124. The van der Waals surface area contributed by atoms with Crippen LogP contribution in [0.3, 0.4) is 0 Å². The lowest BCUT2D eigenvalue weighted by Crippen LogP contribution is -2.23. The van der Waals surface area contributed by atoms with Gasteiger partial charge in [-0.05, 0) is 43.7 Å². The molecule has 3 N–H and O–H groups in total. The molecule has 1 atom stereocenters. The number of fused-ring (bicyclic) bond motifs is 1. The third-order valence-electron chi connectivity index (χ3n) is 4.27. The van der Waals surface area contributed by atoms with Gasteiger partial charge in [-0.2, -0.15) is 0 Å². The maximum absolute atomic E-state index is 12.4. The van der Waals surface area contributed by atoms with Gasteiger partial charge in [0, 0.05) is 36.2 Å². The van der Waals surface area contributed by atoms with Gasteiger partial charge in [-0.15, -0.1) is 0 Å². The summed E-state index contributed by atoms with van der Waals surface area (Å²) in [6.07, 6.45) is 1.06. The Balaban J connectivity index is 1.73. The Labute approximate surface area is 148 Å². The van der Waals surface area contributed by atoms with Crippen molar-refractivity contribution in [1.82, 2.24) is 5.32 Å². The van der Waals surface area contributed by atoms with Gasteiger partial charge in [-0.25, -0.2) is 0 Å². The minimum Gasteiger partial charge on any atom is -0.494 e. The molecule has 1 aliphatic rings. The quantitative estimate of drug-likeness (QED) is 0.848. The van der Waals surface area contributed by atoms with Gasteiger partial charge in [0.15, 0.2) is 0 Å². The fourth-order valence-electron chi connectivity index (χ4n) is 2.98. The van der Waals surface area contributed by atoms with Crippen LogP contribution in [0.15, 0.2) is 36.4 Å². The second-order valence-corrected chi connectivity index (χ2v) is 6.22. The molecule has 5 nitrogen and oxygen atoms in total. The van der Waals surface area contributed by atoms with E-state index in [1.165, 1.54) is 0 Å². The van der Waals surface area contributed by atoms with Gasteiger partial charge >= 0.3 is 0 Å². The molecule has 1 aliphatic heterocycles. The largest absolute Gasteiger partial charge is 0.494 e. The number of benzene rings is 2. The average Bonchev–Trinajstić information content (AvgIpc) is 2.98. The second kappa shape index (κ2) is 7.57. The van der Waals surface area contributed by atoms with E-state index in [0.29, 0.717) is 25.3 Å². The number of ether oxygens (including phenoxy) is 2. The molecule has 0 aromatic heterocycles. The summed E-state index contributed by atoms with van der Waals surface area (Å²) in [5.74, 6) is 1.56. The van der Waals surface area contributed by atoms with E-state index in [4.69, 9.17) is 15.2 Å². The van der Waals surface area contributed by atoms with E-state index in [1.807, 2.05) is 38.1 Å². The van der Waals surface area contributed by atoms with Gasteiger partial charge in [0.1, 0.15) is 17.6 Å². The zero-order chi connectivity index (χ0) is 17.8. The number of rotatable bonds is 6. The van der Waals surface area contributed by atoms with E-state index in [0.717, 1.165) is 34.6 Å². The van der Waals surface area contributed by atoms with Crippen molar-refractivity contribution in [1.29, 1.82) is 0 Å². The molecule has 0 aliphatic carbocycles. The number of hydrogen-bond acceptors (Lipinski definition) is 4. The van der Waals surface area contributed by atoms with Crippen LogP contribution >= 0.6 is 0 Å². The van der Waals surface area contributed by atoms with Crippen molar-refractivity contribution >= 4 is 5.91 Å². The van der Waals surface area contributed by atoms with E-state index in [9.17, 15) is 4.79 Å². The molecule has 2 aromatic carbocycles. The van der Waals surface area contributed by atoms with Crippen molar-refractivity contribution in [2.75, 3.05) is 6.61 Å². The van der Waals surface area contributed by atoms with Crippen LogP contribution in [0.5, 0.6) is 11.5 Å². The highest BCUT2D eigenvalue weighted by molar-refractivity contribution is 5.94. The first-order valence-corrected chi connectivity index (χ1v) is 8.63. The van der Waals surface area contributed by atoms with Crippen molar-refractivity contribution in [3.05, 3.63) is 58.7 Å². The highest BCUT2D eigenvalue weighted by Crippen LogP contribution is 2.35. The van der Waals surface area contributed by atoms with E-state index in [2.05, 4.69) is 5.32 Å². The summed E-state index contributed by atoms with van der Waals surface area (Å²) < 4.78 is 11.6. The highest BCUT2D eigenvalue weighted by atomic mass is 16.5. The van der Waals surface area contributed by atoms with Crippen LogP contribution in [0.1, 0.15) is 40.9 Å². The predicted octanol–water partition coefficient (Wildman–Crippen LogP) is 2.80. The molecule has 1 amide bonds. The third-order valence-corrected chi connectivity index (χ3v) is 4.27. The van der Waals surface area contributed by atoms with E-state index in [1.54, 1.807) is 12.1 Å². The summed E-state index contributed by atoms with van der Waals surface area (Å²) in [7, 11) is 0. The first kappa shape index (κ1) is 17.3. The smallest absolute Gasteiger partial charge is 0.251 e. The Hall–Kier alpha value is -2.53. The number of amides is 1. The molecule has 132 valence electrons. The maximum Gasteiger partial charge on any atom is 0.251 e. The Kier molecular flexibility index (Phi) is 5.24. The van der Waals surface area contributed by atoms with Crippen molar-refractivity contribution in [3.8, 4) is 11.5 Å². The number of nitrogens with one attached hydrogen (secondary N) is 1. The molecule has 25 heavy (non-hydrogen) atoms. The summed E-state index contributed by atoms with van der Waals surface area (Å²) in [5, 5.41) is 2.95. The van der Waals surface area contributed by atoms with Crippen LogP contribution < -0.4 is 20.5 Å².